The van der Waals surface area contributed by atoms with Gasteiger partial charge in [-0.15, -0.1) is 0 Å². The number of hydrogen-bond donors (Lipinski definition) is 1. The SMILES string of the molecule is COc1ccc(C=C(CS)B2OC(C)(C)C(C)(C)O2)c(F)c1. The van der Waals surface area contributed by atoms with Crippen LogP contribution in [0, 0.1) is 5.82 Å². The summed E-state index contributed by atoms with van der Waals surface area (Å²) < 4.78 is 31.1. The van der Waals surface area contributed by atoms with Gasteiger partial charge in [-0.3, -0.25) is 0 Å². The number of ether oxygens (including phenoxy) is 1. The average Bonchev–Trinajstić information content (AvgIpc) is 2.65. The Morgan fingerprint density at radius 1 is 1.27 bits per heavy atom. The van der Waals surface area contributed by atoms with Crippen molar-refractivity contribution in [2.75, 3.05) is 12.9 Å². The number of benzene rings is 1. The Balaban J connectivity index is 2.29. The topological polar surface area (TPSA) is 27.7 Å². The molecule has 2 rings (SSSR count). The molecule has 1 saturated heterocycles. The van der Waals surface area contributed by atoms with Crippen LogP contribution in [0.15, 0.2) is 23.7 Å². The maximum Gasteiger partial charge on any atom is 0.491 e. The number of rotatable bonds is 4. The molecule has 0 bridgehead atoms. The van der Waals surface area contributed by atoms with E-state index in [0.717, 1.165) is 5.47 Å². The van der Waals surface area contributed by atoms with Gasteiger partial charge < -0.3 is 14.0 Å². The van der Waals surface area contributed by atoms with E-state index in [9.17, 15) is 4.39 Å². The fraction of sp³-hybridized carbons (Fsp3) is 0.500. The Morgan fingerprint density at radius 3 is 2.32 bits per heavy atom. The summed E-state index contributed by atoms with van der Waals surface area (Å²) in [5, 5.41) is 0. The van der Waals surface area contributed by atoms with Gasteiger partial charge in [-0.05, 0) is 45.3 Å². The molecular formula is C16H22BFO3S. The molecule has 3 nitrogen and oxygen atoms in total. The van der Waals surface area contributed by atoms with Crippen molar-refractivity contribution >= 4 is 25.8 Å². The third-order valence-electron chi connectivity index (χ3n) is 4.29. The zero-order chi connectivity index (χ0) is 16.5. The van der Waals surface area contributed by atoms with Crippen molar-refractivity contribution < 1.29 is 18.4 Å². The van der Waals surface area contributed by atoms with Gasteiger partial charge in [-0.25, -0.2) is 4.39 Å². The van der Waals surface area contributed by atoms with Crippen LogP contribution >= 0.6 is 12.6 Å². The Bertz CT molecular complexity index is 571. The first-order chi connectivity index (χ1) is 10.2. The minimum Gasteiger partial charge on any atom is -0.497 e. The summed E-state index contributed by atoms with van der Waals surface area (Å²) in [4.78, 5) is 0. The van der Waals surface area contributed by atoms with Crippen molar-refractivity contribution in [3.05, 3.63) is 35.1 Å². The summed E-state index contributed by atoms with van der Waals surface area (Å²) in [7, 11) is 0.984. The molecule has 0 unspecified atom stereocenters. The van der Waals surface area contributed by atoms with Gasteiger partial charge in [0.1, 0.15) is 11.6 Å². The second-order valence-electron chi connectivity index (χ2n) is 6.35. The van der Waals surface area contributed by atoms with Crippen LogP contribution in [-0.2, 0) is 9.31 Å². The highest BCUT2D eigenvalue weighted by Crippen LogP contribution is 2.39. The lowest BCUT2D eigenvalue weighted by Crippen LogP contribution is -2.41. The fourth-order valence-corrected chi connectivity index (χ4v) is 2.37. The average molecular weight is 324 g/mol. The van der Waals surface area contributed by atoms with E-state index in [-0.39, 0.29) is 5.82 Å². The third-order valence-corrected chi connectivity index (χ3v) is 4.65. The molecule has 0 radical (unpaired) electrons. The van der Waals surface area contributed by atoms with Crippen LogP contribution in [0.5, 0.6) is 5.75 Å². The van der Waals surface area contributed by atoms with E-state index in [2.05, 4.69) is 12.6 Å². The van der Waals surface area contributed by atoms with Crippen molar-refractivity contribution in [2.45, 2.75) is 38.9 Å². The van der Waals surface area contributed by atoms with Gasteiger partial charge in [0.2, 0.25) is 0 Å². The molecule has 0 aliphatic carbocycles. The van der Waals surface area contributed by atoms with E-state index < -0.39 is 18.3 Å². The Labute approximate surface area is 137 Å². The van der Waals surface area contributed by atoms with Crippen molar-refractivity contribution in [1.29, 1.82) is 0 Å². The highest BCUT2D eigenvalue weighted by Gasteiger charge is 2.52. The number of halogens is 1. The lowest BCUT2D eigenvalue weighted by molar-refractivity contribution is 0.00578. The molecule has 120 valence electrons. The molecule has 6 heteroatoms. The lowest BCUT2D eigenvalue weighted by atomic mass is 9.78. The van der Waals surface area contributed by atoms with Crippen molar-refractivity contribution in [3.8, 4) is 5.75 Å². The molecule has 1 aromatic carbocycles. The van der Waals surface area contributed by atoms with Crippen LogP contribution in [-0.4, -0.2) is 31.2 Å². The quantitative estimate of drug-likeness (QED) is 0.675. The minimum atomic E-state index is -0.524. The first kappa shape index (κ1) is 17.4. The van der Waals surface area contributed by atoms with Crippen LogP contribution in [0.3, 0.4) is 0 Å². The second-order valence-corrected chi connectivity index (χ2v) is 6.67. The fourth-order valence-electron chi connectivity index (χ4n) is 2.13. The molecule has 0 spiro atoms. The van der Waals surface area contributed by atoms with Gasteiger partial charge >= 0.3 is 7.12 Å². The van der Waals surface area contributed by atoms with E-state index in [4.69, 9.17) is 14.0 Å². The number of methoxy groups -OCH3 is 1. The molecule has 1 heterocycles. The summed E-state index contributed by atoms with van der Waals surface area (Å²) in [6.45, 7) is 7.93. The Morgan fingerprint density at radius 2 is 1.86 bits per heavy atom. The maximum absolute atomic E-state index is 14.1. The minimum absolute atomic E-state index is 0.352. The molecule has 1 aromatic rings. The van der Waals surface area contributed by atoms with Gasteiger partial charge in [0.25, 0.3) is 0 Å². The van der Waals surface area contributed by atoms with E-state index >= 15 is 0 Å². The van der Waals surface area contributed by atoms with E-state index in [1.165, 1.54) is 13.2 Å². The van der Waals surface area contributed by atoms with Crippen LogP contribution in [0.2, 0.25) is 0 Å². The summed E-state index contributed by atoms with van der Waals surface area (Å²) in [5.74, 6) is 0.551. The molecule has 0 aromatic heterocycles. The number of hydrogen-bond acceptors (Lipinski definition) is 4. The van der Waals surface area contributed by atoms with Gasteiger partial charge in [0.05, 0.1) is 18.3 Å². The normalized spacial score (nSPS) is 20.3. The van der Waals surface area contributed by atoms with Crippen LogP contribution in [0.25, 0.3) is 6.08 Å². The molecule has 0 saturated carbocycles. The van der Waals surface area contributed by atoms with E-state index in [1.807, 2.05) is 27.7 Å². The Kier molecular flexibility index (Phi) is 4.95. The molecule has 0 amide bonds. The molecule has 1 aliphatic heterocycles. The van der Waals surface area contributed by atoms with Gasteiger partial charge in [0.15, 0.2) is 0 Å². The highest BCUT2D eigenvalue weighted by atomic mass is 32.1. The molecule has 0 N–H and O–H groups in total. The zero-order valence-electron chi connectivity index (χ0n) is 13.6. The van der Waals surface area contributed by atoms with Gasteiger partial charge in [0, 0.05) is 17.4 Å². The first-order valence-electron chi connectivity index (χ1n) is 7.20. The van der Waals surface area contributed by atoms with Crippen molar-refractivity contribution in [2.24, 2.45) is 0 Å². The summed E-state index contributed by atoms with van der Waals surface area (Å²) in [6, 6.07) is 4.74. The second kappa shape index (κ2) is 6.26. The summed E-state index contributed by atoms with van der Waals surface area (Å²) in [5.41, 5.74) is 0.377. The highest BCUT2D eigenvalue weighted by molar-refractivity contribution is 7.80. The standard InChI is InChI=1S/C16H22BFO3S/c1-15(2)16(3,4)21-17(20-15)12(10-22)8-11-6-7-13(19-5)9-14(11)18/h6-9,22H,10H2,1-5H3. The Hall–Kier alpha value is -0.975. The number of thiol groups is 1. The predicted octanol–water partition coefficient (Wildman–Crippen LogP) is 3.78. The van der Waals surface area contributed by atoms with Crippen LogP contribution in [0.4, 0.5) is 4.39 Å². The summed E-state index contributed by atoms with van der Waals surface area (Å²) >= 11 is 4.33. The molecular weight excluding hydrogens is 302 g/mol. The summed E-state index contributed by atoms with van der Waals surface area (Å²) in [6.07, 6.45) is 1.73. The third kappa shape index (κ3) is 3.34. The van der Waals surface area contributed by atoms with E-state index in [1.54, 1.807) is 18.2 Å². The smallest absolute Gasteiger partial charge is 0.491 e. The monoisotopic (exact) mass is 324 g/mol. The van der Waals surface area contributed by atoms with E-state index in [0.29, 0.717) is 17.1 Å². The molecule has 22 heavy (non-hydrogen) atoms. The largest absolute Gasteiger partial charge is 0.497 e. The van der Waals surface area contributed by atoms with Crippen molar-refractivity contribution in [1.82, 2.24) is 0 Å². The molecule has 1 aliphatic rings. The predicted molar refractivity (Wildman–Crippen MR) is 90.9 cm³/mol. The lowest BCUT2D eigenvalue weighted by Gasteiger charge is -2.32. The molecule has 0 atom stereocenters. The maximum atomic E-state index is 14.1. The molecule has 1 fully saturated rings. The van der Waals surface area contributed by atoms with Crippen molar-refractivity contribution in [3.63, 3.8) is 0 Å². The van der Waals surface area contributed by atoms with Gasteiger partial charge in [-0.1, -0.05) is 6.08 Å². The van der Waals surface area contributed by atoms with Crippen LogP contribution < -0.4 is 4.74 Å². The van der Waals surface area contributed by atoms with Crippen LogP contribution in [0.1, 0.15) is 33.3 Å². The first-order valence-corrected chi connectivity index (χ1v) is 7.84. The van der Waals surface area contributed by atoms with Gasteiger partial charge in [-0.2, -0.15) is 12.6 Å². The zero-order valence-corrected chi connectivity index (χ0v) is 14.5.